The van der Waals surface area contributed by atoms with Gasteiger partial charge in [0.2, 0.25) is 0 Å². The lowest BCUT2D eigenvalue weighted by Crippen LogP contribution is -2.18. The summed E-state index contributed by atoms with van der Waals surface area (Å²) in [5, 5.41) is 5.15. The van der Waals surface area contributed by atoms with E-state index < -0.39 is 0 Å². The molecular formula is C10H15N3S2. The van der Waals surface area contributed by atoms with E-state index in [9.17, 15) is 0 Å². The number of thiazole rings is 1. The fourth-order valence-corrected chi connectivity index (χ4v) is 3.14. The SMILES string of the molecule is CCCC1CN=C(NCc2cncs2)S1. The van der Waals surface area contributed by atoms with Gasteiger partial charge in [0.15, 0.2) is 5.17 Å². The van der Waals surface area contributed by atoms with Gasteiger partial charge in [-0.05, 0) is 6.42 Å². The van der Waals surface area contributed by atoms with Gasteiger partial charge in [0.1, 0.15) is 0 Å². The maximum absolute atomic E-state index is 4.49. The van der Waals surface area contributed by atoms with Gasteiger partial charge in [-0.2, -0.15) is 0 Å². The van der Waals surface area contributed by atoms with Crippen LogP contribution in [-0.4, -0.2) is 21.9 Å². The molecule has 0 aliphatic carbocycles. The summed E-state index contributed by atoms with van der Waals surface area (Å²) in [5.74, 6) is 0. The van der Waals surface area contributed by atoms with Crippen molar-refractivity contribution >= 4 is 28.3 Å². The molecular weight excluding hydrogens is 226 g/mol. The maximum atomic E-state index is 4.49. The number of rotatable bonds is 4. The van der Waals surface area contributed by atoms with E-state index in [4.69, 9.17) is 0 Å². The highest BCUT2D eigenvalue weighted by Gasteiger charge is 2.18. The molecule has 1 aromatic rings. The van der Waals surface area contributed by atoms with Crippen LogP contribution in [0, 0.1) is 0 Å². The van der Waals surface area contributed by atoms with Gasteiger partial charge in [0.25, 0.3) is 0 Å². The second-order valence-electron chi connectivity index (χ2n) is 3.50. The van der Waals surface area contributed by atoms with E-state index >= 15 is 0 Å². The molecule has 1 aliphatic heterocycles. The number of thioether (sulfide) groups is 1. The van der Waals surface area contributed by atoms with Crippen LogP contribution in [0.3, 0.4) is 0 Å². The summed E-state index contributed by atoms with van der Waals surface area (Å²) in [6, 6.07) is 0. The molecule has 15 heavy (non-hydrogen) atoms. The van der Waals surface area contributed by atoms with Crippen LogP contribution in [0.4, 0.5) is 0 Å². The number of aliphatic imine (C=N–C) groups is 1. The van der Waals surface area contributed by atoms with Crippen LogP contribution in [0.2, 0.25) is 0 Å². The van der Waals surface area contributed by atoms with E-state index in [0.29, 0.717) is 5.25 Å². The van der Waals surface area contributed by atoms with Crippen molar-refractivity contribution in [2.24, 2.45) is 4.99 Å². The van der Waals surface area contributed by atoms with Gasteiger partial charge in [-0.15, -0.1) is 11.3 Å². The summed E-state index contributed by atoms with van der Waals surface area (Å²) in [5.41, 5.74) is 1.86. The molecule has 3 nitrogen and oxygen atoms in total. The Morgan fingerprint density at radius 2 is 2.53 bits per heavy atom. The van der Waals surface area contributed by atoms with Crippen molar-refractivity contribution in [2.75, 3.05) is 6.54 Å². The normalized spacial score (nSPS) is 20.3. The molecule has 0 amide bonds. The molecule has 0 saturated carbocycles. The summed E-state index contributed by atoms with van der Waals surface area (Å²) in [4.78, 5) is 9.79. The van der Waals surface area contributed by atoms with Crippen molar-refractivity contribution in [2.45, 2.75) is 31.6 Å². The van der Waals surface area contributed by atoms with E-state index in [0.717, 1.165) is 18.3 Å². The fraction of sp³-hybridized carbons (Fsp3) is 0.600. The third-order valence-electron chi connectivity index (χ3n) is 2.22. The van der Waals surface area contributed by atoms with Crippen LogP contribution >= 0.6 is 23.1 Å². The predicted molar refractivity (Wildman–Crippen MR) is 67.5 cm³/mol. The molecule has 1 aromatic heterocycles. The topological polar surface area (TPSA) is 37.3 Å². The molecule has 0 spiro atoms. The molecule has 2 rings (SSSR count). The van der Waals surface area contributed by atoms with Gasteiger partial charge >= 0.3 is 0 Å². The molecule has 82 valence electrons. The molecule has 1 N–H and O–H groups in total. The summed E-state index contributed by atoms with van der Waals surface area (Å²) < 4.78 is 0. The number of nitrogens with zero attached hydrogens (tertiary/aromatic N) is 2. The van der Waals surface area contributed by atoms with Gasteiger partial charge in [-0.25, -0.2) is 0 Å². The first-order valence-electron chi connectivity index (χ1n) is 5.21. The van der Waals surface area contributed by atoms with Crippen LogP contribution in [0.25, 0.3) is 0 Å². The Hall–Kier alpha value is -0.550. The number of nitrogens with one attached hydrogen (secondary N) is 1. The monoisotopic (exact) mass is 241 g/mol. The fourth-order valence-electron chi connectivity index (χ4n) is 1.48. The predicted octanol–water partition coefficient (Wildman–Crippen LogP) is 2.50. The minimum absolute atomic E-state index is 0.693. The molecule has 0 bridgehead atoms. The van der Waals surface area contributed by atoms with Crippen molar-refractivity contribution in [3.8, 4) is 0 Å². The molecule has 1 atom stereocenters. The Morgan fingerprint density at radius 3 is 3.27 bits per heavy atom. The molecule has 1 unspecified atom stereocenters. The van der Waals surface area contributed by atoms with Gasteiger partial charge in [0, 0.05) is 16.3 Å². The Morgan fingerprint density at radius 1 is 1.60 bits per heavy atom. The zero-order valence-electron chi connectivity index (χ0n) is 8.77. The molecule has 5 heteroatoms. The highest BCUT2D eigenvalue weighted by molar-refractivity contribution is 8.14. The minimum atomic E-state index is 0.693. The zero-order chi connectivity index (χ0) is 10.5. The zero-order valence-corrected chi connectivity index (χ0v) is 10.4. The smallest absolute Gasteiger partial charge is 0.157 e. The van der Waals surface area contributed by atoms with Gasteiger partial charge in [-0.3, -0.25) is 9.98 Å². The van der Waals surface area contributed by atoms with Crippen LogP contribution in [0.1, 0.15) is 24.6 Å². The highest BCUT2D eigenvalue weighted by atomic mass is 32.2. The molecule has 0 radical (unpaired) electrons. The Labute approximate surface area is 98.4 Å². The standard InChI is InChI=1S/C10H15N3S2/c1-2-3-8-5-12-10(15-8)13-6-9-4-11-7-14-9/h4,7-8H,2-3,5-6H2,1H3,(H,12,13). The van der Waals surface area contributed by atoms with Gasteiger partial charge in [-0.1, -0.05) is 25.1 Å². The Bertz CT molecular complexity index is 321. The summed E-state index contributed by atoms with van der Waals surface area (Å²) in [6.45, 7) is 4.06. The third-order valence-corrected chi connectivity index (χ3v) is 4.22. The van der Waals surface area contributed by atoms with Crippen LogP contribution in [-0.2, 0) is 6.54 Å². The molecule has 2 heterocycles. The molecule has 0 saturated heterocycles. The Balaban J connectivity index is 1.73. The summed E-state index contributed by atoms with van der Waals surface area (Å²) in [7, 11) is 0. The van der Waals surface area contributed by atoms with E-state index in [2.05, 4.69) is 22.2 Å². The first kappa shape index (κ1) is 11.0. The van der Waals surface area contributed by atoms with E-state index in [1.807, 2.05) is 23.5 Å². The number of hydrogen-bond acceptors (Lipinski definition) is 5. The first-order chi connectivity index (χ1) is 7.38. The van der Waals surface area contributed by atoms with Crippen molar-refractivity contribution in [1.82, 2.24) is 10.3 Å². The lowest BCUT2D eigenvalue weighted by molar-refractivity contribution is 0.754. The average molecular weight is 241 g/mol. The van der Waals surface area contributed by atoms with Crippen molar-refractivity contribution in [3.63, 3.8) is 0 Å². The van der Waals surface area contributed by atoms with Crippen LogP contribution in [0.5, 0.6) is 0 Å². The van der Waals surface area contributed by atoms with Crippen molar-refractivity contribution in [3.05, 3.63) is 16.6 Å². The average Bonchev–Trinajstić information content (AvgIpc) is 2.85. The van der Waals surface area contributed by atoms with E-state index in [1.54, 1.807) is 11.3 Å². The van der Waals surface area contributed by atoms with Crippen LogP contribution in [0.15, 0.2) is 16.7 Å². The summed E-state index contributed by atoms with van der Waals surface area (Å²) in [6.07, 6.45) is 4.41. The largest absolute Gasteiger partial charge is 0.360 e. The first-order valence-corrected chi connectivity index (χ1v) is 6.96. The molecule has 1 aliphatic rings. The maximum Gasteiger partial charge on any atom is 0.157 e. The van der Waals surface area contributed by atoms with Crippen molar-refractivity contribution < 1.29 is 0 Å². The highest BCUT2D eigenvalue weighted by Crippen LogP contribution is 2.23. The van der Waals surface area contributed by atoms with Gasteiger partial charge in [0.05, 0.1) is 18.6 Å². The lowest BCUT2D eigenvalue weighted by Gasteiger charge is -2.06. The summed E-state index contributed by atoms with van der Waals surface area (Å²) >= 11 is 3.56. The molecule has 0 aromatic carbocycles. The van der Waals surface area contributed by atoms with Crippen LogP contribution < -0.4 is 5.32 Å². The van der Waals surface area contributed by atoms with Gasteiger partial charge < -0.3 is 5.32 Å². The number of hydrogen-bond donors (Lipinski definition) is 1. The van der Waals surface area contributed by atoms with Crippen molar-refractivity contribution in [1.29, 1.82) is 0 Å². The third kappa shape index (κ3) is 3.21. The quantitative estimate of drug-likeness (QED) is 0.880. The minimum Gasteiger partial charge on any atom is -0.360 e. The second-order valence-corrected chi connectivity index (χ2v) is 5.76. The lowest BCUT2D eigenvalue weighted by atomic mass is 10.2. The Kier molecular flexibility index (Phi) is 4.02. The number of amidine groups is 1. The van der Waals surface area contributed by atoms with E-state index in [-0.39, 0.29) is 0 Å². The molecule has 0 fully saturated rings. The van der Waals surface area contributed by atoms with E-state index in [1.165, 1.54) is 17.7 Å². The number of aromatic nitrogens is 1. The second kappa shape index (κ2) is 5.51.